The number of thioether (sulfide) groups is 1. The molecule has 1 aliphatic heterocycles. The van der Waals surface area contributed by atoms with E-state index in [-0.39, 0.29) is 0 Å². The van der Waals surface area contributed by atoms with Crippen molar-refractivity contribution in [2.45, 2.75) is 6.04 Å². The predicted molar refractivity (Wildman–Crippen MR) is 64.5 cm³/mol. The summed E-state index contributed by atoms with van der Waals surface area (Å²) < 4.78 is 0. The maximum absolute atomic E-state index is 5.97. The molecule has 4 heteroatoms. The van der Waals surface area contributed by atoms with Gasteiger partial charge in [0, 0.05) is 24.1 Å². The van der Waals surface area contributed by atoms with Crippen LogP contribution in [-0.4, -0.2) is 18.1 Å². The fourth-order valence-electron chi connectivity index (χ4n) is 1.51. The van der Waals surface area contributed by atoms with Crippen LogP contribution in [0.3, 0.4) is 0 Å². The van der Waals surface area contributed by atoms with Gasteiger partial charge in [0.25, 0.3) is 0 Å². The van der Waals surface area contributed by atoms with E-state index in [9.17, 15) is 0 Å². The van der Waals surface area contributed by atoms with Crippen LogP contribution in [-0.2, 0) is 0 Å². The predicted octanol–water partition coefficient (Wildman–Crippen LogP) is 3.37. The minimum Gasteiger partial charge on any atom is -0.308 e. The zero-order valence-corrected chi connectivity index (χ0v) is 9.92. The van der Waals surface area contributed by atoms with Gasteiger partial charge < -0.3 is 5.32 Å². The first-order valence-corrected chi connectivity index (χ1v) is 6.44. The Kier molecular flexibility index (Phi) is 3.61. The summed E-state index contributed by atoms with van der Waals surface area (Å²) in [5, 5.41) is 4.72. The Morgan fingerprint density at radius 3 is 2.79 bits per heavy atom. The molecular weight excluding hydrogens is 237 g/mol. The summed E-state index contributed by atoms with van der Waals surface area (Å²) in [6, 6.07) is 6.27. The van der Waals surface area contributed by atoms with Crippen LogP contribution in [0.1, 0.15) is 11.6 Å². The molecule has 1 aromatic rings. The molecular formula is C10H11Cl2NS. The lowest BCUT2D eigenvalue weighted by Gasteiger charge is -2.23. The number of rotatable bonds is 1. The van der Waals surface area contributed by atoms with Gasteiger partial charge in [-0.1, -0.05) is 29.3 Å². The second-order valence-corrected chi connectivity index (χ2v) is 5.22. The van der Waals surface area contributed by atoms with Gasteiger partial charge in [-0.15, -0.1) is 0 Å². The molecule has 1 unspecified atom stereocenters. The molecule has 0 aromatic heterocycles. The molecule has 1 aliphatic rings. The SMILES string of the molecule is Clc1ccc(C2CSCCN2)cc1Cl. The summed E-state index contributed by atoms with van der Waals surface area (Å²) in [6.45, 7) is 1.07. The Hall–Kier alpha value is 0.110. The van der Waals surface area contributed by atoms with E-state index in [1.165, 1.54) is 11.3 Å². The number of benzene rings is 1. The van der Waals surface area contributed by atoms with Crippen LogP contribution >= 0.6 is 35.0 Å². The molecule has 14 heavy (non-hydrogen) atoms. The Bertz CT molecular complexity index is 324. The van der Waals surface area contributed by atoms with E-state index in [2.05, 4.69) is 5.32 Å². The summed E-state index contributed by atoms with van der Waals surface area (Å²) in [5.41, 5.74) is 1.23. The van der Waals surface area contributed by atoms with Crippen LogP contribution in [0.4, 0.5) is 0 Å². The van der Waals surface area contributed by atoms with Crippen molar-refractivity contribution in [2.24, 2.45) is 0 Å². The number of halogens is 2. The van der Waals surface area contributed by atoms with E-state index in [4.69, 9.17) is 23.2 Å². The molecule has 1 N–H and O–H groups in total. The van der Waals surface area contributed by atoms with E-state index in [0.717, 1.165) is 12.3 Å². The Labute approximate surface area is 98.2 Å². The van der Waals surface area contributed by atoms with Crippen molar-refractivity contribution in [3.8, 4) is 0 Å². The third-order valence-corrected chi connectivity index (χ3v) is 4.07. The summed E-state index contributed by atoms with van der Waals surface area (Å²) >= 11 is 13.8. The highest BCUT2D eigenvalue weighted by atomic mass is 35.5. The smallest absolute Gasteiger partial charge is 0.0595 e. The summed E-state index contributed by atoms with van der Waals surface area (Å²) in [6.07, 6.45) is 0. The van der Waals surface area contributed by atoms with Crippen LogP contribution in [0.2, 0.25) is 10.0 Å². The first-order chi connectivity index (χ1) is 6.77. The number of hydrogen-bond acceptors (Lipinski definition) is 2. The van der Waals surface area contributed by atoms with Crippen molar-refractivity contribution in [1.82, 2.24) is 5.32 Å². The lowest BCUT2D eigenvalue weighted by atomic mass is 10.1. The van der Waals surface area contributed by atoms with Gasteiger partial charge in [-0.05, 0) is 17.7 Å². The van der Waals surface area contributed by atoms with Gasteiger partial charge in [-0.3, -0.25) is 0 Å². The summed E-state index contributed by atoms with van der Waals surface area (Å²) in [7, 11) is 0. The van der Waals surface area contributed by atoms with E-state index < -0.39 is 0 Å². The van der Waals surface area contributed by atoms with Crippen LogP contribution in [0.25, 0.3) is 0 Å². The highest BCUT2D eigenvalue weighted by Gasteiger charge is 2.15. The molecule has 1 aromatic carbocycles. The lowest BCUT2D eigenvalue weighted by molar-refractivity contribution is 0.595. The third kappa shape index (κ3) is 2.37. The van der Waals surface area contributed by atoms with Crippen molar-refractivity contribution in [3.05, 3.63) is 33.8 Å². The molecule has 1 saturated heterocycles. The molecule has 1 fully saturated rings. The standard InChI is InChI=1S/C10H11Cl2NS/c11-8-2-1-7(5-9(8)12)10-6-14-4-3-13-10/h1-2,5,10,13H,3-4,6H2. The molecule has 0 spiro atoms. The van der Waals surface area contributed by atoms with E-state index in [0.29, 0.717) is 16.1 Å². The molecule has 0 bridgehead atoms. The highest BCUT2D eigenvalue weighted by Crippen LogP contribution is 2.28. The van der Waals surface area contributed by atoms with E-state index >= 15 is 0 Å². The first-order valence-electron chi connectivity index (χ1n) is 4.53. The van der Waals surface area contributed by atoms with Gasteiger partial charge >= 0.3 is 0 Å². The molecule has 76 valence electrons. The maximum Gasteiger partial charge on any atom is 0.0595 e. The number of hydrogen-bond donors (Lipinski definition) is 1. The van der Waals surface area contributed by atoms with Gasteiger partial charge in [-0.2, -0.15) is 11.8 Å². The fraction of sp³-hybridized carbons (Fsp3) is 0.400. The minimum atomic E-state index is 0.420. The quantitative estimate of drug-likeness (QED) is 0.817. The van der Waals surface area contributed by atoms with Gasteiger partial charge in [-0.25, -0.2) is 0 Å². The second-order valence-electron chi connectivity index (χ2n) is 3.26. The van der Waals surface area contributed by atoms with E-state index in [1.807, 2.05) is 30.0 Å². The number of nitrogens with one attached hydrogen (secondary N) is 1. The topological polar surface area (TPSA) is 12.0 Å². The van der Waals surface area contributed by atoms with Gasteiger partial charge in [0.2, 0.25) is 0 Å². The van der Waals surface area contributed by atoms with E-state index in [1.54, 1.807) is 0 Å². The average molecular weight is 248 g/mol. The molecule has 0 aliphatic carbocycles. The summed E-state index contributed by atoms with van der Waals surface area (Å²) in [5.74, 6) is 2.30. The maximum atomic E-state index is 5.97. The molecule has 2 rings (SSSR count). The average Bonchev–Trinajstić information content (AvgIpc) is 2.23. The molecule has 1 heterocycles. The van der Waals surface area contributed by atoms with Crippen LogP contribution < -0.4 is 5.32 Å². The van der Waals surface area contributed by atoms with Crippen LogP contribution in [0, 0.1) is 0 Å². The molecule has 1 atom stereocenters. The summed E-state index contributed by atoms with van der Waals surface area (Å²) in [4.78, 5) is 0. The monoisotopic (exact) mass is 247 g/mol. The lowest BCUT2D eigenvalue weighted by Crippen LogP contribution is -2.30. The van der Waals surface area contributed by atoms with Crippen molar-refractivity contribution in [1.29, 1.82) is 0 Å². The minimum absolute atomic E-state index is 0.420. The van der Waals surface area contributed by atoms with Crippen molar-refractivity contribution in [3.63, 3.8) is 0 Å². The molecule has 1 nitrogen and oxygen atoms in total. The van der Waals surface area contributed by atoms with Crippen LogP contribution in [0.5, 0.6) is 0 Å². The van der Waals surface area contributed by atoms with Gasteiger partial charge in [0.15, 0.2) is 0 Å². The second kappa shape index (κ2) is 4.75. The van der Waals surface area contributed by atoms with Crippen LogP contribution in [0.15, 0.2) is 18.2 Å². The zero-order valence-electron chi connectivity index (χ0n) is 7.59. The van der Waals surface area contributed by atoms with Crippen molar-refractivity contribution >= 4 is 35.0 Å². The first kappa shape index (κ1) is 10.6. The Balaban J connectivity index is 2.18. The van der Waals surface area contributed by atoms with Gasteiger partial charge in [0.1, 0.15) is 0 Å². The zero-order chi connectivity index (χ0) is 9.97. The molecule has 0 radical (unpaired) electrons. The van der Waals surface area contributed by atoms with Gasteiger partial charge in [0.05, 0.1) is 10.0 Å². The molecule has 0 amide bonds. The Morgan fingerprint density at radius 1 is 1.29 bits per heavy atom. The van der Waals surface area contributed by atoms with Crippen molar-refractivity contribution in [2.75, 3.05) is 18.1 Å². The Morgan fingerprint density at radius 2 is 2.14 bits per heavy atom. The highest BCUT2D eigenvalue weighted by molar-refractivity contribution is 7.99. The largest absolute Gasteiger partial charge is 0.308 e. The van der Waals surface area contributed by atoms with Crippen molar-refractivity contribution < 1.29 is 0 Å². The molecule has 0 saturated carbocycles. The fourth-order valence-corrected chi connectivity index (χ4v) is 2.79. The normalized spacial score (nSPS) is 22.3. The third-order valence-electron chi connectivity index (χ3n) is 2.27.